The molecule has 0 spiro atoms. The molecule has 2 aromatic rings. The Kier molecular flexibility index (Phi) is 5.40. The summed E-state index contributed by atoms with van der Waals surface area (Å²) in [5.41, 5.74) is 2.50. The molecule has 3 rings (SSSR count). The van der Waals surface area contributed by atoms with E-state index in [1.54, 1.807) is 6.20 Å². The van der Waals surface area contributed by atoms with Crippen molar-refractivity contribution in [2.75, 3.05) is 10.6 Å². The van der Waals surface area contributed by atoms with Gasteiger partial charge in [-0.25, -0.2) is 0 Å². The lowest BCUT2D eigenvalue weighted by atomic mass is 10.1. The third kappa shape index (κ3) is 4.91. The molecule has 1 saturated carbocycles. The van der Waals surface area contributed by atoms with Crippen LogP contribution in [0, 0.1) is 6.92 Å². The highest BCUT2D eigenvalue weighted by atomic mass is 15.3. The second-order valence-corrected chi connectivity index (χ2v) is 6.34. The van der Waals surface area contributed by atoms with Gasteiger partial charge in [-0.15, -0.1) is 5.10 Å². The van der Waals surface area contributed by atoms with Crippen LogP contribution in [0.3, 0.4) is 0 Å². The largest absolute Gasteiger partial charge is 0.365 e. The fourth-order valence-corrected chi connectivity index (χ4v) is 3.07. The number of aryl methyl sites for hydroxylation is 1. The smallest absolute Gasteiger partial charge is 0.244 e. The molecule has 0 aliphatic heterocycles. The first-order valence-electron chi connectivity index (χ1n) is 8.55. The van der Waals surface area contributed by atoms with Gasteiger partial charge in [0.2, 0.25) is 5.95 Å². The Morgan fingerprint density at radius 3 is 2.74 bits per heavy atom. The van der Waals surface area contributed by atoms with Gasteiger partial charge in [0.15, 0.2) is 5.82 Å². The molecular formula is C18H25N5. The van der Waals surface area contributed by atoms with Crippen LogP contribution in [0.4, 0.5) is 11.8 Å². The van der Waals surface area contributed by atoms with Crippen molar-refractivity contribution in [2.45, 2.75) is 58.0 Å². The van der Waals surface area contributed by atoms with Crippen molar-refractivity contribution in [3.63, 3.8) is 0 Å². The van der Waals surface area contributed by atoms with Crippen molar-refractivity contribution in [1.82, 2.24) is 15.2 Å². The Morgan fingerprint density at radius 2 is 1.96 bits per heavy atom. The number of hydrogen-bond donors (Lipinski definition) is 2. The van der Waals surface area contributed by atoms with Gasteiger partial charge < -0.3 is 10.6 Å². The second kappa shape index (κ2) is 7.90. The molecule has 2 N–H and O–H groups in total. The van der Waals surface area contributed by atoms with Crippen molar-refractivity contribution in [2.24, 2.45) is 0 Å². The molecule has 0 radical (unpaired) electrons. The van der Waals surface area contributed by atoms with Crippen LogP contribution in [-0.2, 0) is 6.54 Å². The van der Waals surface area contributed by atoms with Crippen LogP contribution in [0.15, 0.2) is 30.5 Å². The summed E-state index contributed by atoms with van der Waals surface area (Å²) in [6.07, 6.45) is 9.33. The number of rotatable bonds is 5. The number of aromatic nitrogens is 3. The molecule has 1 aromatic carbocycles. The summed E-state index contributed by atoms with van der Waals surface area (Å²) in [6.45, 7) is 2.84. The average molecular weight is 311 g/mol. The van der Waals surface area contributed by atoms with E-state index in [1.807, 2.05) is 0 Å². The van der Waals surface area contributed by atoms with Gasteiger partial charge in [-0.3, -0.25) is 0 Å². The van der Waals surface area contributed by atoms with Crippen LogP contribution in [0.5, 0.6) is 0 Å². The zero-order valence-electron chi connectivity index (χ0n) is 13.8. The Bertz CT molecular complexity index is 620. The van der Waals surface area contributed by atoms with Crippen molar-refractivity contribution in [3.05, 3.63) is 41.6 Å². The molecule has 5 heteroatoms. The molecule has 1 aliphatic rings. The normalized spacial score (nSPS) is 15.9. The highest BCUT2D eigenvalue weighted by Crippen LogP contribution is 2.20. The number of anilines is 2. The molecule has 1 aliphatic carbocycles. The Morgan fingerprint density at radius 1 is 1.13 bits per heavy atom. The zero-order chi connectivity index (χ0) is 15.9. The monoisotopic (exact) mass is 311 g/mol. The summed E-state index contributed by atoms with van der Waals surface area (Å²) in [7, 11) is 0. The molecule has 5 nitrogen and oxygen atoms in total. The fourth-order valence-electron chi connectivity index (χ4n) is 3.07. The minimum absolute atomic E-state index is 0.478. The van der Waals surface area contributed by atoms with E-state index >= 15 is 0 Å². The molecular weight excluding hydrogens is 286 g/mol. The summed E-state index contributed by atoms with van der Waals surface area (Å²) >= 11 is 0. The van der Waals surface area contributed by atoms with E-state index < -0.39 is 0 Å². The van der Waals surface area contributed by atoms with Crippen LogP contribution >= 0.6 is 0 Å². The highest BCUT2D eigenvalue weighted by molar-refractivity contribution is 5.38. The number of nitrogens with zero attached hydrogens (tertiary/aromatic N) is 3. The van der Waals surface area contributed by atoms with Crippen molar-refractivity contribution in [1.29, 1.82) is 0 Å². The van der Waals surface area contributed by atoms with Crippen molar-refractivity contribution < 1.29 is 0 Å². The lowest BCUT2D eigenvalue weighted by Crippen LogP contribution is -2.20. The summed E-state index contributed by atoms with van der Waals surface area (Å²) < 4.78 is 0. The summed E-state index contributed by atoms with van der Waals surface area (Å²) in [6, 6.07) is 8.94. The van der Waals surface area contributed by atoms with Crippen LogP contribution in [0.1, 0.15) is 49.7 Å². The van der Waals surface area contributed by atoms with Crippen molar-refractivity contribution in [3.8, 4) is 0 Å². The van der Waals surface area contributed by atoms with Gasteiger partial charge in [0, 0.05) is 12.6 Å². The Hall–Kier alpha value is -2.17. The fraction of sp³-hybridized carbons (Fsp3) is 0.500. The third-order valence-corrected chi connectivity index (χ3v) is 4.30. The van der Waals surface area contributed by atoms with Crippen LogP contribution in [-0.4, -0.2) is 21.2 Å². The third-order valence-electron chi connectivity index (χ3n) is 4.30. The molecule has 23 heavy (non-hydrogen) atoms. The molecule has 0 atom stereocenters. The maximum absolute atomic E-state index is 4.54. The quantitative estimate of drug-likeness (QED) is 0.819. The zero-order valence-corrected chi connectivity index (χ0v) is 13.8. The van der Waals surface area contributed by atoms with Gasteiger partial charge in [0.25, 0.3) is 0 Å². The molecule has 1 aromatic heterocycles. The van der Waals surface area contributed by atoms with E-state index in [4.69, 9.17) is 0 Å². The molecule has 0 saturated heterocycles. The minimum atomic E-state index is 0.478. The van der Waals surface area contributed by atoms with E-state index in [1.165, 1.54) is 49.7 Å². The Labute approximate surface area is 137 Å². The van der Waals surface area contributed by atoms with Gasteiger partial charge in [0.1, 0.15) is 0 Å². The second-order valence-electron chi connectivity index (χ2n) is 6.34. The van der Waals surface area contributed by atoms with Crippen LogP contribution in [0.25, 0.3) is 0 Å². The average Bonchev–Trinajstić information content (AvgIpc) is 2.82. The van der Waals surface area contributed by atoms with E-state index in [9.17, 15) is 0 Å². The SMILES string of the molecule is Cc1cccc(CNc2cnnc(NC3CCCCCC3)n2)c1. The predicted molar refractivity (Wildman–Crippen MR) is 93.4 cm³/mol. The highest BCUT2D eigenvalue weighted by Gasteiger charge is 2.13. The first-order valence-corrected chi connectivity index (χ1v) is 8.55. The lowest BCUT2D eigenvalue weighted by Gasteiger charge is -2.16. The summed E-state index contributed by atoms with van der Waals surface area (Å²) in [5, 5.41) is 15.0. The molecule has 122 valence electrons. The van der Waals surface area contributed by atoms with Gasteiger partial charge in [-0.05, 0) is 25.3 Å². The van der Waals surface area contributed by atoms with E-state index in [2.05, 4.69) is 57.0 Å². The lowest BCUT2D eigenvalue weighted by molar-refractivity contribution is 0.613. The summed E-state index contributed by atoms with van der Waals surface area (Å²) in [4.78, 5) is 4.54. The number of nitrogens with one attached hydrogen (secondary N) is 2. The standard InChI is InChI=1S/C18H25N5/c1-14-7-6-8-15(11-14)12-19-17-13-20-23-18(22-17)21-16-9-4-2-3-5-10-16/h6-8,11,13,16H,2-5,9-10,12H2,1H3,(H2,19,21,22,23). The van der Waals surface area contributed by atoms with E-state index in [0.29, 0.717) is 12.0 Å². The minimum Gasteiger partial charge on any atom is -0.365 e. The molecule has 1 fully saturated rings. The van der Waals surface area contributed by atoms with Gasteiger partial charge in [-0.1, -0.05) is 55.5 Å². The molecule has 1 heterocycles. The predicted octanol–water partition coefficient (Wildman–Crippen LogP) is 3.93. The van der Waals surface area contributed by atoms with Gasteiger partial charge in [0.05, 0.1) is 6.20 Å². The first-order chi connectivity index (χ1) is 11.3. The molecule has 0 amide bonds. The Balaban J connectivity index is 1.58. The number of hydrogen-bond acceptors (Lipinski definition) is 5. The first kappa shape index (κ1) is 15.7. The van der Waals surface area contributed by atoms with Crippen LogP contribution < -0.4 is 10.6 Å². The maximum Gasteiger partial charge on any atom is 0.244 e. The maximum atomic E-state index is 4.54. The molecule has 0 unspecified atom stereocenters. The van der Waals surface area contributed by atoms with Crippen molar-refractivity contribution >= 4 is 11.8 Å². The topological polar surface area (TPSA) is 62.7 Å². The van der Waals surface area contributed by atoms with E-state index in [-0.39, 0.29) is 0 Å². The number of benzene rings is 1. The van der Waals surface area contributed by atoms with Gasteiger partial charge >= 0.3 is 0 Å². The summed E-state index contributed by atoms with van der Waals surface area (Å²) in [5.74, 6) is 1.39. The van der Waals surface area contributed by atoms with Crippen LogP contribution in [0.2, 0.25) is 0 Å². The van der Waals surface area contributed by atoms with Gasteiger partial charge in [-0.2, -0.15) is 10.1 Å². The molecule has 0 bridgehead atoms. The van der Waals surface area contributed by atoms with E-state index in [0.717, 1.165) is 12.4 Å².